The number of allylic oxidation sites excluding steroid dienone is 2. The highest BCUT2D eigenvalue weighted by Gasteiger charge is 2.14. The van der Waals surface area contributed by atoms with E-state index >= 15 is 0 Å². The molecule has 0 fully saturated rings. The van der Waals surface area contributed by atoms with Gasteiger partial charge < -0.3 is 15.6 Å². The van der Waals surface area contributed by atoms with Crippen LogP contribution in [0.4, 0.5) is 17.2 Å². The van der Waals surface area contributed by atoms with Gasteiger partial charge in [0.25, 0.3) is 0 Å². The van der Waals surface area contributed by atoms with Crippen molar-refractivity contribution in [1.82, 2.24) is 15.0 Å². The molecule has 4 N–H and O–H groups in total. The molecule has 0 saturated heterocycles. The maximum atomic E-state index is 6.30. The summed E-state index contributed by atoms with van der Waals surface area (Å²) in [7, 11) is 5.79. The number of fused-ring (bicyclic) bond motifs is 1. The molecule has 1 aromatic carbocycles. The molecule has 180 valence electrons. The highest BCUT2D eigenvalue weighted by molar-refractivity contribution is 5.96. The number of hydrazine groups is 1. The zero-order chi connectivity index (χ0) is 24.8. The van der Waals surface area contributed by atoms with Crippen LogP contribution in [-0.2, 0) is 13.5 Å². The van der Waals surface area contributed by atoms with E-state index in [9.17, 15) is 0 Å². The summed E-state index contributed by atoms with van der Waals surface area (Å²) >= 11 is 0. The van der Waals surface area contributed by atoms with Gasteiger partial charge in [-0.25, -0.2) is 15.4 Å². The summed E-state index contributed by atoms with van der Waals surface area (Å²) in [6.07, 6.45) is 7.71. The van der Waals surface area contributed by atoms with Gasteiger partial charge in [0, 0.05) is 50.0 Å². The SMILES string of the molecule is C=C(/C=C\N=C(/C)Nc1cc(N)c(N(C)NC)nc1CCC(C)C)c1cn(C)c2ccccc12. The van der Waals surface area contributed by atoms with Crippen molar-refractivity contribution in [2.45, 2.75) is 33.6 Å². The van der Waals surface area contributed by atoms with Crippen molar-refractivity contribution < 1.29 is 0 Å². The number of nitrogen functional groups attached to an aromatic ring is 1. The molecule has 0 spiro atoms. The number of benzene rings is 1. The Labute approximate surface area is 203 Å². The number of para-hydroxylation sites is 1. The van der Waals surface area contributed by atoms with Crippen LogP contribution in [0.2, 0.25) is 0 Å². The maximum Gasteiger partial charge on any atom is 0.166 e. The topological polar surface area (TPSA) is 83.5 Å². The number of hydrogen-bond acceptors (Lipinski definition) is 5. The lowest BCUT2D eigenvalue weighted by molar-refractivity contribution is 0.581. The van der Waals surface area contributed by atoms with Crippen LogP contribution in [0.15, 0.2) is 60.4 Å². The Kier molecular flexibility index (Phi) is 8.12. The van der Waals surface area contributed by atoms with Crippen molar-refractivity contribution in [3.05, 3.63) is 66.6 Å². The smallest absolute Gasteiger partial charge is 0.166 e. The zero-order valence-corrected chi connectivity index (χ0v) is 21.2. The largest absolute Gasteiger partial charge is 0.396 e. The summed E-state index contributed by atoms with van der Waals surface area (Å²) in [5.74, 6) is 2.05. The molecule has 0 amide bonds. The number of nitrogens with one attached hydrogen (secondary N) is 2. The number of aryl methyl sites for hydroxylation is 2. The molecule has 0 saturated carbocycles. The number of pyridine rings is 1. The highest BCUT2D eigenvalue weighted by Crippen LogP contribution is 2.28. The van der Waals surface area contributed by atoms with Gasteiger partial charge in [0.2, 0.25) is 0 Å². The molecule has 0 bridgehead atoms. The lowest BCUT2D eigenvalue weighted by atomic mass is 10.0. The normalized spacial score (nSPS) is 12.1. The molecule has 7 heteroatoms. The maximum absolute atomic E-state index is 6.30. The molecule has 0 aliphatic heterocycles. The molecular weight excluding hydrogens is 422 g/mol. The fraction of sp³-hybridized carbons (Fsp3) is 0.333. The van der Waals surface area contributed by atoms with Gasteiger partial charge >= 0.3 is 0 Å². The molecule has 0 aliphatic rings. The van der Waals surface area contributed by atoms with E-state index in [0.29, 0.717) is 17.4 Å². The third-order valence-electron chi connectivity index (χ3n) is 5.82. The number of aliphatic imine (C=N–C) groups is 1. The second kappa shape index (κ2) is 11.0. The predicted octanol–water partition coefficient (Wildman–Crippen LogP) is 5.37. The van der Waals surface area contributed by atoms with Gasteiger partial charge in [0.1, 0.15) is 5.84 Å². The third kappa shape index (κ3) is 5.85. The van der Waals surface area contributed by atoms with Crippen molar-refractivity contribution in [3.63, 3.8) is 0 Å². The molecule has 3 rings (SSSR count). The van der Waals surface area contributed by atoms with Crippen molar-refractivity contribution in [1.29, 1.82) is 0 Å². The number of anilines is 3. The first-order valence-corrected chi connectivity index (χ1v) is 11.6. The molecule has 2 aromatic heterocycles. The average molecular weight is 460 g/mol. The number of nitrogens with zero attached hydrogens (tertiary/aromatic N) is 4. The minimum atomic E-state index is 0.579. The standard InChI is InChI=1S/C27H37N7/c1-18(2)12-13-24-25(16-23(28)27(32-24)34(7)29-5)31-20(4)30-15-14-19(3)22-17-33(6)26-11-9-8-10-21(22)26/h8-11,14-18,29H,3,12-13,28H2,1-2,4-7H3,(H,30,31)/b15-14-. The number of hydrogen-bond donors (Lipinski definition) is 3. The summed E-state index contributed by atoms with van der Waals surface area (Å²) in [4.78, 5) is 9.41. The van der Waals surface area contributed by atoms with Crippen LogP contribution in [0.25, 0.3) is 16.5 Å². The van der Waals surface area contributed by atoms with Crippen molar-refractivity contribution in [2.75, 3.05) is 30.2 Å². The molecule has 7 nitrogen and oxygen atoms in total. The first-order chi connectivity index (χ1) is 16.2. The van der Waals surface area contributed by atoms with Crippen LogP contribution in [0.5, 0.6) is 0 Å². The summed E-state index contributed by atoms with van der Waals surface area (Å²) in [5.41, 5.74) is 15.0. The van der Waals surface area contributed by atoms with E-state index in [4.69, 9.17) is 10.7 Å². The first kappa shape index (κ1) is 25.1. The van der Waals surface area contributed by atoms with Gasteiger partial charge in [0.15, 0.2) is 5.82 Å². The Bertz CT molecular complexity index is 1220. The number of nitrogens with two attached hydrogens (primary N) is 1. The molecular formula is C27H37N7. The molecule has 0 aliphatic carbocycles. The molecule has 2 heterocycles. The van der Waals surface area contributed by atoms with Crippen LogP contribution in [0.1, 0.15) is 38.4 Å². The quantitative estimate of drug-likeness (QED) is 0.173. The zero-order valence-electron chi connectivity index (χ0n) is 21.2. The highest BCUT2D eigenvalue weighted by atomic mass is 15.5. The van der Waals surface area contributed by atoms with Crippen LogP contribution < -0.4 is 21.5 Å². The molecule has 0 atom stereocenters. The summed E-state index contributed by atoms with van der Waals surface area (Å²) in [6.45, 7) is 10.6. The summed E-state index contributed by atoms with van der Waals surface area (Å²) in [6, 6.07) is 10.3. The number of amidine groups is 1. The van der Waals surface area contributed by atoms with Crippen LogP contribution in [-0.4, -0.2) is 29.5 Å². The van der Waals surface area contributed by atoms with Crippen molar-refractivity contribution in [3.8, 4) is 0 Å². The monoisotopic (exact) mass is 459 g/mol. The van der Waals surface area contributed by atoms with Crippen molar-refractivity contribution in [2.24, 2.45) is 18.0 Å². The molecule has 0 radical (unpaired) electrons. The average Bonchev–Trinajstić information content (AvgIpc) is 3.14. The fourth-order valence-corrected chi connectivity index (χ4v) is 3.81. The van der Waals surface area contributed by atoms with Gasteiger partial charge in [-0.3, -0.25) is 5.01 Å². The Morgan fingerprint density at radius 1 is 1.32 bits per heavy atom. The lowest BCUT2D eigenvalue weighted by Crippen LogP contribution is -2.32. The van der Waals surface area contributed by atoms with Gasteiger partial charge in [0.05, 0.1) is 17.1 Å². The minimum absolute atomic E-state index is 0.579. The summed E-state index contributed by atoms with van der Waals surface area (Å²) < 4.78 is 2.12. The van der Waals surface area contributed by atoms with Gasteiger partial charge in [-0.1, -0.05) is 38.6 Å². The van der Waals surface area contributed by atoms with E-state index < -0.39 is 0 Å². The number of rotatable bonds is 9. The van der Waals surface area contributed by atoms with Crippen LogP contribution in [0.3, 0.4) is 0 Å². The van der Waals surface area contributed by atoms with E-state index in [1.54, 1.807) is 6.20 Å². The molecule has 3 aromatic rings. The Morgan fingerprint density at radius 2 is 2.06 bits per heavy atom. The van der Waals surface area contributed by atoms with E-state index in [0.717, 1.165) is 41.2 Å². The van der Waals surface area contributed by atoms with Gasteiger partial charge in [-0.15, -0.1) is 0 Å². The molecule has 34 heavy (non-hydrogen) atoms. The lowest BCUT2D eigenvalue weighted by Gasteiger charge is -2.21. The fourth-order valence-electron chi connectivity index (χ4n) is 3.81. The number of aromatic nitrogens is 2. The Hall–Kier alpha value is -3.58. The van der Waals surface area contributed by atoms with Gasteiger partial charge in [-0.05, 0) is 49.5 Å². The first-order valence-electron chi connectivity index (χ1n) is 11.6. The van der Waals surface area contributed by atoms with Crippen molar-refractivity contribution >= 4 is 39.5 Å². The van der Waals surface area contributed by atoms with Crippen LogP contribution >= 0.6 is 0 Å². The van der Waals surface area contributed by atoms with Gasteiger partial charge in [-0.2, -0.15) is 0 Å². The third-order valence-corrected chi connectivity index (χ3v) is 5.82. The van der Waals surface area contributed by atoms with E-state index in [2.05, 4.69) is 59.1 Å². The van der Waals surface area contributed by atoms with E-state index in [1.807, 2.05) is 57.4 Å². The predicted molar refractivity (Wildman–Crippen MR) is 147 cm³/mol. The second-order valence-electron chi connectivity index (χ2n) is 8.96. The Morgan fingerprint density at radius 3 is 2.76 bits per heavy atom. The molecule has 0 unspecified atom stereocenters. The van der Waals surface area contributed by atoms with Crippen LogP contribution in [0, 0.1) is 5.92 Å². The van der Waals surface area contributed by atoms with E-state index in [1.165, 1.54) is 10.9 Å². The summed E-state index contributed by atoms with van der Waals surface area (Å²) in [5, 5.41) is 6.39. The minimum Gasteiger partial charge on any atom is -0.396 e. The van der Waals surface area contributed by atoms with E-state index in [-0.39, 0.29) is 0 Å². The Balaban J connectivity index is 1.80. The second-order valence-corrected chi connectivity index (χ2v) is 8.96.